The summed E-state index contributed by atoms with van der Waals surface area (Å²) in [6, 6.07) is 16.8. The van der Waals surface area contributed by atoms with E-state index in [1.807, 2.05) is 30.5 Å². The molecule has 5 rings (SSSR count). The average Bonchev–Trinajstić information content (AvgIpc) is 3.31. The van der Waals surface area contributed by atoms with Crippen molar-refractivity contribution in [1.82, 2.24) is 4.98 Å². The van der Waals surface area contributed by atoms with Gasteiger partial charge in [0.25, 0.3) is 0 Å². The number of nitrogens with zero attached hydrogens (tertiary/aromatic N) is 2. The molecule has 1 aliphatic carbocycles. The molecule has 5 heteroatoms. The molecule has 0 unspecified atom stereocenters. The highest BCUT2D eigenvalue weighted by atomic mass is 15.1. The van der Waals surface area contributed by atoms with Crippen LogP contribution in [0.4, 0.5) is 5.82 Å². The van der Waals surface area contributed by atoms with E-state index in [0.717, 1.165) is 53.0 Å². The zero-order chi connectivity index (χ0) is 17.5. The first-order valence-electron chi connectivity index (χ1n) is 8.96. The maximum absolute atomic E-state index is 9.81. The third kappa shape index (κ3) is 2.16. The van der Waals surface area contributed by atoms with E-state index >= 15 is 0 Å². The number of para-hydroxylation sites is 2. The number of aromatic amines is 2. The average molecular weight is 341 g/mol. The Kier molecular flexibility index (Phi) is 3.36. The molecule has 0 spiro atoms. The largest absolute Gasteiger partial charge is 0.295 e. The van der Waals surface area contributed by atoms with Crippen LogP contribution >= 0.6 is 0 Å². The SMILES string of the molecule is N#Cc1c2c(c(NCc3cccc[nH+]3)[n+]3c1[nH]c1ccccc13)CCC2. The lowest BCUT2D eigenvalue weighted by molar-refractivity contribution is -0.465. The van der Waals surface area contributed by atoms with Gasteiger partial charge in [0.15, 0.2) is 6.20 Å². The van der Waals surface area contributed by atoms with E-state index in [9.17, 15) is 5.26 Å². The minimum absolute atomic E-state index is 0.709. The lowest BCUT2D eigenvalue weighted by atomic mass is 10.1. The van der Waals surface area contributed by atoms with Gasteiger partial charge in [-0.1, -0.05) is 12.1 Å². The Labute approximate surface area is 150 Å². The molecular weight excluding hydrogens is 322 g/mol. The summed E-state index contributed by atoms with van der Waals surface area (Å²) in [4.78, 5) is 6.73. The van der Waals surface area contributed by atoms with Gasteiger partial charge >= 0.3 is 0 Å². The number of fused-ring (bicyclic) bond motifs is 4. The van der Waals surface area contributed by atoms with E-state index in [2.05, 4.69) is 44.0 Å². The van der Waals surface area contributed by atoms with Crippen LogP contribution in [0.3, 0.4) is 0 Å². The van der Waals surface area contributed by atoms with Gasteiger partial charge in [-0.25, -0.2) is 4.98 Å². The summed E-state index contributed by atoms with van der Waals surface area (Å²) in [6.45, 7) is 0.709. The van der Waals surface area contributed by atoms with Crippen molar-refractivity contribution >= 4 is 22.5 Å². The molecule has 0 radical (unpaired) electrons. The molecule has 1 aliphatic rings. The Balaban J connectivity index is 1.77. The minimum Gasteiger partial charge on any atom is -0.295 e. The number of nitriles is 1. The quantitative estimate of drug-likeness (QED) is 0.563. The van der Waals surface area contributed by atoms with Gasteiger partial charge < -0.3 is 0 Å². The zero-order valence-corrected chi connectivity index (χ0v) is 14.3. The number of imidazole rings is 1. The molecule has 0 fully saturated rings. The molecule has 126 valence electrons. The van der Waals surface area contributed by atoms with Gasteiger partial charge in [-0.15, -0.1) is 0 Å². The predicted molar refractivity (Wildman–Crippen MR) is 98.5 cm³/mol. The van der Waals surface area contributed by atoms with Gasteiger partial charge in [0.05, 0.1) is 0 Å². The molecule has 0 amide bonds. The molecular formula is C21H19N5+2. The Hall–Kier alpha value is -3.39. The second kappa shape index (κ2) is 5.85. The molecule has 0 saturated heterocycles. The standard InChI is InChI=1S/C21H17N5/c22-12-17-15-7-5-8-16(15)20(24-13-14-6-3-4-11-23-14)26-19-10-2-1-9-18(19)25-21(17)26/h1-4,6,9-11H,5,7-8,13H2,(H,24,25)/p+2. The van der Waals surface area contributed by atoms with Crippen LogP contribution in [0.15, 0.2) is 48.7 Å². The van der Waals surface area contributed by atoms with Crippen molar-refractivity contribution < 1.29 is 9.38 Å². The molecule has 0 saturated carbocycles. The van der Waals surface area contributed by atoms with E-state index in [1.165, 1.54) is 11.1 Å². The number of H-pyrrole nitrogens is 2. The van der Waals surface area contributed by atoms with Crippen LogP contribution < -0.4 is 14.7 Å². The number of nitrogens with one attached hydrogen (secondary N) is 3. The van der Waals surface area contributed by atoms with E-state index in [4.69, 9.17) is 0 Å². The Morgan fingerprint density at radius 3 is 2.81 bits per heavy atom. The Morgan fingerprint density at radius 2 is 1.96 bits per heavy atom. The molecule has 5 nitrogen and oxygen atoms in total. The fourth-order valence-corrected chi connectivity index (χ4v) is 4.07. The molecule has 0 aliphatic heterocycles. The van der Waals surface area contributed by atoms with Crippen molar-refractivity contribution in [1.29, 1.82) is 5.26 Å². The van der Waals surface area contributed by atoms with E-state index in [0.29, 0.717) is 6.54 Å². The first-order chi connectivity index (χ1) is 12.9. The van der Waals surface area contributed by atoms with Gasteiger partial charge in [0.2, 0.25) is 17.2 Å². The van der Waals surface area contributed by atoms with Crippen molar-refractivity contribution in [3.05, 3.63) is 71.0 Å². The lowest BCUT2D eigenvalue weighted by Crippen LogP contribution is -2.30. The van der Waals surface area contributed by atoms with E-state index < -0.39 is 0 Å². The molecule has 4 aromatic rings. The molecule has 3 aromatic heterocycles. The number of hydrogen-bond acceptors (Lipinski definition) is 2. The van der Waals surface area contributed by atoms with Crippen LogP contribution in [-0.2, 0) is 19.4 Å². The highest BCUT2D eigenvalue weighted by Crippen LogP contribution is 2.32. The highest BCUT2D eigenvalue weighted by Gasteiger charge is 2.29. The van der Waals surface area contributed by atoms with Gasteiger partial charge in [0.1, 0.15) is 29.2 Å². The first kappa shape index (κ1) is 14.9. The summed E-state index contributed by atoms with van der Waals surface area (Å²) in [7, 11) is 0. The van der Waals surface area contributed by atoms with Crippen LogP contribution in [0.25, 0.3) is 16.7 Å². The number of anilines is 1. The zero-order valence-electron chi connectivity index (χ0n) is 14.3. The summed E-state index contributed by atoms with van der Waals surface area (Å²) < 4.78 is 2.18. The minimum atomic E-state index is 0.709. The van der Waals surface area contributed by atoms with E-state index in [1.54, 1.807) is 0 Å². The van der Waals surface area contributed by atoms with E-state index in [-0.39, 0.29) is 0 Å². The van der Waals surface area contributed by atoms with Crippen LogP contribution in [-0.4, -0.2) is 4.98 Å². The summed E-state index contributed by atoms with van der Waals surface area (Å²) in [5.41, 5.74) is 7.39. The normalized spacial score (nSPS) is 13.0. The van der Waals surface area contributed by atoms with Gasteiger partial charge in [0, 0.05) is 17.7 Å². The van der Waals surface area contributed by atoms with Crippen molar-refractivity contribution in [3.8, 4) is 6.07 Å². The fraction of sp³-hybridized carbons (Fsp3) is 0.190. The van der Waals surface area contributed by atoms with Gasteiger partial charge in [-0.2, -0.15) is 9.66 Å². The van der Waals surface area contributed by atoms with Crippen LogP contribution in [0.5, 0.6) is 0 Å². The third-order valence-corrected chi connectivity index (χ3v) is 5.22. The molecule has 1 aromatic carbocycles. The Morgan fingerprint density at radius 1 is 1.12 bits per heavy atom. The molecule has 3 N–H and O–H groups in total. The van der Waals surface area contributed by atoms with Crippen molar-refractivity contribution in [2.45, 2.75) is 25.8 Å². The van der Waals surface area contributed by atoms with Crippen LogP contribution in [0.2, 0.25) is 0 Å². The first-order valence-corrected chi connectivity index (χ1v) is 8.96. The van der Waals surface area contributed by atoms with Crippen LogP contribution in [0.1, 0.15) is 28.8 Å². The monoisotopic (exact) mass is 341 g/mol. The Bertz CT molecular complexity index is 1170. The van der Waals surface area contributed by atoms with Gasteiger partial charge in [-0.3, -0.25) is 10.3 Å². The molecule has 3 heterocycles. The topological polar surface area (TPSA) is 69.8 Å². The summed E-state index contributed by atoms with van der Waals surface area (Å²) >= 11 is 0. The number of aromatic nitrogens is 3. The maximum atomic E-state index is 9.81. The summed E-state index contributed by atoms with van der Waals surface area (Å²) in [5.74, 6) is 1.10. The van der Waals surface area contributed by atoms with Crippen molar-refractivity contribution in [3.63, 3.8) is 0 Å². The van der Waals surface area contributed by atoms with Crippen molar-refractivity contribution in [2.75, 3.05) is 5.32 Å². The predicted octanol–water partition coefficient (Wildman–Crippen LogP) is 2.69. The highest BCUT2D eigenvalue weighted by molar-refractivity contribution is 5.78. The number of benzene rings is 1. The van der Waals surface area contributed by atoms with Crippen molar-refractivity contribution in [2.24, 2.45) is 0 Å². The maximum Gasteiger partial charge on any atom is 0.250 e. The molecule has 0 atom stereocenters. The van der Waals surface area contributed by atoms with Crippen LogP contribution in [0, 0.1) is 11.3 Å². The lowest BCUT2D eigenvalue weighted by Gasteiger charge is -2.09. The third-order valence-electron chi connectivity index (χ3n) is 5.22. The molecule has 0 bridgehead atoms. The summed E-state index contributed by atoms with van der Waals surface area (Å²) in [6.07, 6.45) is 5.01. The number of pyridine rings is 2. The number of hydrogen-bond donors (Lipinski definition) is 2. The summed E-state index contributed by atoms with van der Waals surface area (Å²) in [5, 5.41) is 13.5. The number of rotatable bonds is 3. The smallest absolute Gasteiger partial charge is 0.250 e. The fourth-order valence-electron chi connectivity index (χ4n) is 4.07. The second-order valence-corrected chi connectivity index (χ2v) is 6.71. The molecule has 26 heavy (non-hydrogen) atoms. The van der Waals surface area contributed by atoms with Gasteiger partial charge in [-0.05, 0) is 43.0 Å². The second-order valence-electron chi connectivity index (χ2n) is 6.71.